The molecule has 0 unspecified atom stereocenters. The highest BCUT2D eigenvalue weighted by Gasteiger charge is 2.23. The third kappa shape index (κ3) is 2.93. The summed E-state index contributed by atoms with van der Waals surface area (Å²) in [5.41, 5.74) is 9.25. The molecule has 0 aliphatic carbocycles. The molecule has 2 N–H and O–H groups in total. The molecule has 0 spiro atoms. The molecule has 0 radical (unpaired) electrons. The Kier molecular flexibility index (Phi) is 3.06. The molecular weight excluding hydrogens is 212 g/mol. The molecule has 2 rings (SSSR count). The Morgan fingerprint density at radius 1 is 1.35 bits per heavy atom. The van der Waals surface area contributed by atoms with Crippen molar-refractivity contribution in [3.05, 3.63) is 34.9 Å². The summed E-state index contributed by atoms with van der Waals surface area (Å²) in [6.07, 6.45) is 0. The van der Waals surface area contributed by atoms with E-state index in [4.69, 9.17) is 5.73 Å². The van der Waals surface area contributed by atoms with E-state index in [0.29, 0.717) is 0 Å². The van der Waals surface area contributed by atoms with Crippen LogP contribution in [0.5, 0.6) is 0 Å². The molecule has 0 saturated carbocycles. The molecule has 0 fully saturated rings. The lowest BCUT2D eigenvalue weighted by Crippen LogP contribution is -2.43. The predicted octanol–water partition coefficient (Wildman–Crippen LogP) is 1.94. The maximum atomic E-state index is 11.3. The Balaban J connectivity index is 2.14. The van der Waals surface area contributed by atoms with Gasteiger partial charge in [-0.2, -0.15) is 0 Å². The number of benzene rings is 1. The number of nitrogens with two attached hydrogens (primary N) is 1. The quantitative estimate of drug-likeness (QED) is 0.810. The number of carbonyl (C=O) groups is 1. The van der Waals surface area contributed by atoms with Crippen LogP contribution in [0.3, 0.4) is 0 Å². The Morgan fingerprint density at radius 2 is 2.00 bits per heavy atom. The zero-order valence-electron chi connectivity index (χ0n) is 10.8. The summed E-state index contributed by atoms with van der Waals surface area (Å²) >= 11 is 0. The number of hydrogen-bond acceptors (Lipinski definition) is 3. The van der Waals surface area contributed by atoms with Crippen molar-refractivity contribution in [3.8, 4) is 0 Å². The molecule has 1 aliphatic rings. The number of Topliss-reactive ketones (excluding diaryl/α,β-unsaturated/α-hetero) is 1. The number of carbonyl (C=O) groups excluding carboxylic acids is 1. The second-order valence-electron chi connectivity index (χ2n) is 5.67. The normalized spacial score (nSPS) is 16.0. The fourth-order valence-electron chi connectivity index (χ4n) is 2.37. The summed E-state index contributed by atoms with van der Waals surface area (Å²) in [7, 11) is 0. The van der Waals surface area contributed by atoms with Crippen molar-refractivity contribution in [2.75, 3.05) is 6.54 Å². The molecule has 0 saturated heterocycles. The summed E-state index contributed by atoms with van der Waals surface area (Å²) in [5.74, 6) is 0.130. The van der Waals surface area contributed by atoms with Crippen molar-refractivity contribution in [2.45, 2.75) is 39.4 Å². The Labute approximate surface area is 103 Å². The molecule has 0 atom stereocenters. The zero-order chi connectivity index (χ0) is 12.6. The molecule has 1 heterocycles. The van der Waals surface area contributed by atoms with Gasteiger partial charge in [0.1, 0.15) is 0 Å². The highest BCUT2D eigenvalue weighted by molar-refractivity contribution is 5.94. The predicted molar refractivity (Wildman–Crippen MR) is 68.8 cm³/mol. The van der Waals surface area contributed by atoms with Crippen LogP contribution in [-0.4, -0.2) is 22.8 Å². The van der Waals surface area contributed by atoms with E-state index in [1.807, 2.05) is 26.0 Å². The van der Waals surface area contributed by atoms with E-state index >= 15 is 0 Å². The van der Waals surface area contributed by atoms with Gasteiger partial charge in [-0.15, -0.1) is 0 Å². The van der Waals surface area contributed by atoms with E-state index in [1.165, 1.54) is 11.1 Å². The molecule has 92 valence electrons. The fourth-order valence-corrected chi connectivity index (χ4v) is 2.37. The van der Waals surface area contributed by atoms with Crippen LogP contribution in [0.4, 0.5) is 0 Å². The van der Waals surface area contributed by atoms with Crippen molar-refractivity contribution in [2.24, 2.45) is 5.73 Å². The smallest absolute Gasteiger partial charge is 0.159 e. The van der Waals surface area contributed by atoms with E-state index in [2.05, 4.69) is 11.0 Å². The van der Waals surface area contributed by atoms with Crippen LogP contribution in [-0.2, 0) is 13.1 Å². The third-order valence-electron chi connectivity index (χ3n) is 3.03. The minimum atomic E-state index is -0.175. The molecule has 0 amide bonds. The van der Waals surface area contributed by atoms with Crippen LogP contribution in [0, 0.1) is 0 Å². The van der Waals surface area contributed by atoms with Gasteiger partial charge < -0.3 is 5.73 Å². The van der Waals surface area contributed by atoms with Gasteiger partial charge in [-0.3, -0.25) is 9.69 Å². The van der Waals surface area contributed by atoms with E-state index in [0.717, 1.165) is 25.2 Å². The maximum absolute atomic E-state index is 11.3. The van der Waals surface area contributed by atoms with Gasteiger partial charge >= 0.3 is 0 Å². The minimum Gasteiger partial charge on any atom is -0.324 e. The van der Waals surface area contributed by atoms with Gasteiger partial charge in [0.15, 0.2) is 5.78 Å². The third-order valence-corrected chi connectivity index (χ3v) is 3.03. The molecule has 1 aliphatic heterocycles. The fraction of sp³-hybridized carbons (Fsp3) is 0.500. The monoisotopic (exact) mass is 232 g/mol. The Morgan fingerprint density at radius 3 is 2.59 bits per heavy atom. The average Bonchev–Trinajstić information content (AvgIpc) is 2.54. The second kappa shape index (κ2) is 4.24. The van der Waals surface area contributed by atoms with Gasteiger partial charge in [0, 0.05) is 30.7 Å². The number of fused-ring (bicyclic) bond motifs is 1. The summed E-state index contributed by atoms with van der Waals surface area (Å²) in [4.78, 5) is 13.6. The molecular formula is C14H20N2O. The van der Waals surface area contributed by atoms with Crippen LogP contribution < -0.4 is 5.73 Å². The molecule has 17 heavy (non-hydrogen) atoms. The first-order valence-electron chi connectivity index (χ1n) is 5.99. The van der Waals surface area contributed by atoms with Crippen LogP contribution in [0.15, 0.2) is 18.2 Å². The van der Waals surface area contributed by atoms with E-state index in [9.17, 15) is 4.79 Å². The first-order valence-corrected chi connectivity index (χ1v) is 5.99. The Bertz CT molecular complexity index is 446. The van der Waals surface area contributed by atoms with Gasteiger partial charge in [0.05, 0.1) is 0 Å². The largest absolute Gasteiger partial charge is 0.324 e. The van der Waals surface area contributed by atoms with Gasteiger partial charge in [0.2, 0.25) is 0 Å². The zero-order valence-corrected chi connectivity index (χ0v) is 10.8. The van der Waals surface area contributed by atoms with Crippen molar-refractivity contribution in [3.63, 3.8) is 0 Å². The number of hydrogen-bond donors (Lipinski definition) is 1. The topological polar surface area (TPSA) is 46.3 Å². The summed E-state index contributed by atoms with van der Waals surface area (Å²) in [6.45, 7) is 8.40. The first-order chi connectivity index (χ1) is 7.85. The van der Waals surface area contributed by atoms with Gasteiger partial charge in [-0.1, -0.05) is 12.1 Å². The van der Waals surface area contributed by atoms with Crippen molar-refractivity contribution in [1.29, 1.82) is 0 Å². The molecule has 0 aromatic heterocycles. The van der Waals surface area contributed by atoms with Crippen molar-refractivity contribution < 1.29 is 4.79 Å². The van der Waals surface area contributed by atoms with Crippen LogP contribution in [0.2, 0.25) is 0 Å². The highest BCUT2D eigenvalue weighted by atomic mass is 16.1. The van der Waals surface area contributed by atoms with Crippen molar-refractivity contribution >= 4 is 5.78 Å². The van der Waals surface area contributed by atoms with Gasteiger partial charge in [0.25, 0.3) is 0 Å². The molecule has 3 heteroatoms. The average molecular weight is 232 g/mol. The summed E-state index contributed by atoms with van der Waals surface area (Å²) < 4.78 is 0. The molecule has 1 aromatic carbocycles. The SMILES string of the molecule is CC(=O)c1ccc2c(c1)CN(CC(C)(C)N)C2. The number of ketones is 1. The second-order valence-corrected chi connectivity index (χ2v) is 5.67. The van der Waals surface area contributed by atoms with Crippen molar-refractivity contribution in [1.82, 2.24) is 4.90 Å². The summed E-state index contributed by atoms with van der Waals surface area (Å²) in [5, 5.41) is 0. The molecule has 1 aromatic rings. The van der Waals surface area contributed by atoms with Gasteiger partial charge in [-0.25, -0.2) is 0 Å². The van der Waals surface area contributed by atoms with Crippen LogP contribution in [0.25, 0.3) is 0 Å². The highest BCUT2D eigenvalue weighted by Crippen LogP contribution is 2.24. The van der Waals surface area contributed by atoms with Crippen LogP contribution >= 0.6 is 0 Å². The lowest BCUT2D eigenvalue weighted by molar-refractivity contribution is 0.101. The maximum Gasteiger partial charge on any atom is 0.159 e. The number of rotatable bonds is 3. The lowest BCUT2D eigenvalue weighted by Gasteiger charge is -2.25. The van der Waals surface area contributed by atoms with E-state index < -0.39 is 0 Å². The van der Waals surface area contributed by atoms with E-state index in [-0.39, 0.29) is 11.3 Å². The standard InChI is InChI=1S/C14H20N2O/c1-10(17)11-4-5-12-7-16(8-13(12)6-11)9-14(2,3)15/h4-6H,7-9,15H2,1-3H3. The minimum absolute atomic E-state index is 0.130. The lowest BCUT2D eigenvalue weighted by atomic mass is 10.0. The molecule has 3 nitrogen and oxygen atoms in total. The summed E-state index contributed by atoms with van der Waals surface area (Å²) in [6, 6.07) is 6.00. The van der Waals surface area contributed by atoms with Gasteiger partial charge in [-0.05, 0) is 38.0 Å². The van der Waals surface area contributed by atoms with E-state index in [1.54, 1.807) is 6.92 Å². The number of nitrogens with zero attached hydrogens (tertiary/aromatic N) is 1. The Hall–Kier alpha value is -1.19. The molecule has 0 bridgehead atoms. The first kappa shape index (κ1) is 12.3. The van der Waals surface area contributed by atoms with Crippen LogP contribution in [0.1, 0.15) is 42.3 Å².